The Labute approximate surface area is 137 Å². The van der Waals surface area contributed by atoms with E-state index in [4.69, 9.17) is 0 Å². The minimum atomic E-state index is -4.52. The number of hydrogen-bond acceptors (Lipinski definition) is 3. The lowest BCUT2D eigenvalue weighted by Gasteiger charge is -2.13. The van der Waals surface area contributed by atoms with Crippen molar-refractivity contribution in [3.8, 4) is 0 Å². The third-order valence-electron chi connectivity index (χ3n) is 3.52. The van der Waals surface area contributed by atoms with E-state index in [1.165, 1.54) is 18.2 Å². The van der Waals surface area contributed by atoms with Crippen LogP contribution in [0.2, 0.25) is 0 Å². The van der Waals surface area contributed by atoms with Gasteiger partial charge in [-0.25, -0.2) is 17.2 Å². The summed E-state index contributed by atoms with van der Waals surface area (Å²) in [6.45, 7) is 0. The number of anilines is 1. The third kappa shape index (κ3) is 3.38. The van der Waals surface area contributed by atoms with Crippen LogP contribution in [-0.2, 0) is 10.0 Å². The minimum Gasteiger partial charge on any atom is -0.349 e. The minimum absolute atomic E-state index is 0.0432. The van der Waals surface area contributed by atoms with E-state index in [9.17, 15) is 22.0 Å². The van der Waals surface area contributed by atoms with Crippen molar-refractivity contribution in [2.75, 3.05) is 4.72 Å². The lowest BCUT2D eigenvalue weighted by atomic mass is 10.1. The number of sulfonamides is 1. The van der Waals surface area contributed by atoms with Crippen LogP contribution in [0, 0.1) is 11.6 Å². The number of halogens is 2. The highest BCUT2D eigenvalue weighted by atomic mass is 32.2. The van der Waals surface area contributed by atoms with Gasteiger partial charge < -0.3 is 5.32 Å². The second-order valence-corrected chi connectivity index (χ2v) is 7.07. The smallest absolute Gasteiger partial charge is 0.267 e. The molecule has 24 heavy (non-hydrogen) atoms. The lowest BCUT2D eigenvalue weighted by molar-refractivity contribution is 0.0952. The van der Waals surface area contributed by atoms with Crippen LogP contribution in [0.25, 0.3) is 0 Å². The molecule has 2 aromatic carbocycles. The summed E-state index contributed by atoms with van der Waals surface area (Å²) in [5.74, 6) is -2.85. The first kappa shape index (κ1) is 16.4. The van der Waals surface area contributed by atoms with Crippen LogP contribution >= 0.6 is 0 Å². The fraction of sp³-hybridized carbons (Fsp3) is 0.188. The number of nitrogens with one attached hydrogen (secondary N) is 2. The van der Waals surface area contributed by atoms with Gasteiger partial charge in [-0.05, 0) is 37.1 Å². The van der Waals surface area contributed by atoms with Gasteiger partial charge in [-0.2, -0.15) is 0 Å². The van der Waals surface area contributed by atoms with E-state index in [2.05, 4.69) is 10.0 Å². The van der Waals surface area contributed by atoms with E-state index in [1.807, 2.05) is 0 Å². The summed E-state index contributed by atoms with van der Waals surface area (Å²) >= 11 is 0. The molecule has 3 rings (SSSR count). The molecule has 1 aliphatic carbocycles. The summed E-state index contributed by atoms with van der Waals surface area (Å²) < 4.78 is 54.2. The quantitative estimate of drug-likeness (QED) is 0.869. The summed E-state index contributed by atoms with van der Waals surface area (Å²) in [6.07, 6.45) is 1.75. The summed E-state index contributed by atoms with van der Waals surface area (Å²) in [6, 6.07) is 8.75. The fourth-order valence-corrected chi connectivity index (χ4v) is 3.42. The molecule has 0 heterocycles. The molecule has 8 heteroatoms. The zero-order valence-electron chi connectivity index (χ0n) is 12.4. The fourth-order valence-electron chi connectivity index (χ4n) is 2.20. The highest BCUT2D eigenvalue weighted by Gasteiger charge is 2.27. The van der Waals surface area contributed by atoms with Crippen molar-refractivity contribution in [3.63, 3.8) is 0 Å². The Bertz CT molecular complexity index is 876. The van der Waals surface area contributed by atoms with Gasteiger partial charge in [0.2, 0.25) is 0 Å². The third-order valence-corrected chi connectivity index (χ3v) is 4.93. The molecule has 2 aromatic rings. The van der Waals surface area contributed by atoms with Gasteiger partial charge in [0.1, 0.15) is 11.6 Å². The molecule has 0 unspecified atom stereocenters. The average Bonchev–Trinajstić information content (AvgIpc) is 3.30. The first-order valence-corrected chi connectivity index (χ1v) is 8.73. The molecule has 126 valence electrons. The van der Waals surface area contributed by atoms with Crippen LogP contribution in [0.4, 0.5) is 14.5 Å². The van der Waals surface area contributed by atoms with E-state index in [-0.39, 0.29) is 17.3 Å². The predicted octanol–water partition coefficient (Wildman–Crippen LogP) is 2.66. The molecule has 0 bridgehead atoms. The number of benzene rings is 2. The molecule has 0 atom stereocenters. The predicted molar refractivity (Wildman–Crippen MR) is 84.1 cm³/mol. The topological polar surface area (TPSA) is 75.3 Å². The van der Waals surface area contributed by atoms with E-state index >= 15 is 0 Å². The van der Waals surface area contributed by atoms with Crippen molar-refractivity contribution in [3.05, 3.63) is 59.7 Å². The van der Waals surface area contributed by atoms with Crippen LogP contribution in [-0.4, -0.2) is 20.4 Å². The number of rotatable bonds is 5. The molecular formula is C16H14F2N2O3S. The monoisotopic (exact) mass is 352 g/mol. The molecule has 0 radical (unpaired) electrons. The Balaban J connectivity index is 1.94. The maximum Gasteiger partial charge on any atom is 0.267 e. The number of carbonyl (C=O) groups excluding carboxylic acids is 1. The van der Waals surface area contributed by atoms with Gasteiger partial charge >= 0.3 is 0 Å². The molecule has 1 fully saturated rings. The van der Waals surface area contributed by atoms with E-state index in [0.29, 0.717) is 0 Å². The van der Waals surface area contributed by atoms with Crippen LogP contribution in [0.5, 0.6) is 0 Å². The first-order chi connectivity index (χ1) is 11.4. The van der Waals surface area contributed by atoms with Gasteiger partial charge in [0, 0.05) is 6.04 Å². The van der Waals surface area contributed by atoms with Crippen molar-refractivity contribution in [1.82, 2.24) is 5.32 Å². The maximum atomic E-state index is 13.7. The largest absolute Gasteiger partial charge is 0.349 e. The van der Waals surface area contributed by atoms with Gasteiger partial charge in [0.15, 0.2) is 4.90 Å². The molecule has 5 nitrogen and oxygen atoms in total. The van der Waals surface area contributed by atoms with Crippen molar-refractivity contribution in [2.24, 2.45) is 0 Å². The second-order valence-electron chi connectivity index (χ2n) is 5.45. The van der Waals surface area contributed by atoms with Crippen molar-refractivity contribution in [2.45, 2.75) is 23.8 Å². The van der Waals surface area contributed by atoms with Crippen molar-refractivity contribution >= 4 is 21.6 Å². The Kier molecular flexibility index (Phi) is 4.23. The summed E-state index contributed by atoms with van der Waals surface area (Å²) in [5, 5.41) is 2.74. The average molecular weight is 352 g/mol. The van der Waals surface area contributed by atoms with Crippen molar-refractivity contribution < 1.29 is 22.0 Å². The summed E-state index contributed by atoms with van der Waals surface area (Å²) in [7, 11) is -4.52. The van der Waals surface area contributed by atoms with Crippen LogP contribution < -0.4 is 10.0 Å². The molecule has 0 aliphatic heterocycles. The molecule has 1 saturated carbocycles. The summed E-state index contributed by atoms with van der Waals surface area (Å²) in [4.78, 5) is 11.1. The van der Waals surface area contributed by atoms with E-state index < -0.39 is 32.5 Å². The molecule has 0 saturated heterocycles. The zero-order valence-corrected chi connectivity index (χ0v) is 13.2. The second kappa shape index (κ2) is 6.20. The van der Waals surface area contributed by atoms with Crippen LogP contribution in [0.15, 0.2) is 47.4 Å². The molecule has 1 amide bonds. The highest BCUT2D eigenvalue weighted by molar-refractivity contribution is 7.92. The molecule has 1 aliphatic rings. The van der Waals surface area contributed by atoms with Crippen LogP contribution in [0.1, 0.15) is 23.2 Å². The van der Waals surface area contributed by atoms with Gasteiger partial charge in [0.05, 0.1) is 11.3 Å². The highest BCUT2D eigenvalue weighted by Crippen LogP contribution is 2.25. The normalized spacial score (nSPS) is 14.2. The Morgan fingerprint density at radius 2 is 1.62 bits per heavy atom. The number of amides is 1. The van der Waals surface area contributed by atoms with Gasteiger partial charge in [-0.1, -0.05) is 18.2 Å². The first-order valence-electron chi connectivity index (χ1n) is 7.25. The number of para-hydroxylation sites is 1. The molecular weight excluding hydrogens is 338 g/mol. The van der Waals surface area contributed by atoms with Gasteiger partial charge in [-0.15, -0.1) is 0 Å². The van der Waals surface area contributed by atoms with Crippen LogP contribution in [0.3, 0.4) is 0 Å². The van der Waals surface area contributed by atoms with Gasteiger partial charge in [0.25, 0.3) is 15.9 Å². The Hall–Kier alpha value is -2.48. The molecule has 0 aromatic heterocycles. The van der Waals surface area contributed by atoms with E-state index in [0.717, 1.165) is 31.0 Å². The van der Waals surface area contributed by atoms with E-state index in [1.54, 1.807) is 6.07 Å². The Morgan fingerprint density at radius 3 is 2.25 bits per heavy atom. The SMILES string of the molecule is O=C(NC1CC1)c1ccccc1NS(=O)(=O)c1c(F)cccc1F. The Morgan fingerprint density at radius 1 is 1.00 bits per heavy atom. The number of hydrogen-bond donors (Lipinski definition) is 2. The van der Waals surface area contributed by atoms with Crippen molar-refractivity contribution in [1.29, 1.82) is 0 Å². The van der Waals surface area contributed by atoms with Gasteiger partial charge in [-0.3, -0.25) is 9.52 Å². The zero-order chi connectivity index (χ0) is 17.3. The maximum absolute atomic E-state index is 13.7. The summed E-state index contributed by atoms with van der Waals surface area (Å²) in [5.41, 5.74) is 0.0445. The lowest BCUT2D eigenvalue weighted by Crippen LogP contribution is -2.27. The standard InChI is InChI=1S/C16H14F2N2O3S/c17-12-5-3-6-13(18)15(12)24(22,23)20-14-7-2-1-4-11(14)16(21)19-10-8-9-10/h1-7,10,20H,8-9H2,(H,19,21). The number of carbonyl (C=O) groups is 1. The molecule has 2 N–H and O–H groups in total. The molecule has 0 spiro atoms.